The lowest BCUT2D eigenvalue weighted by atomic mass is 9.89. The van der Waals surface area contributed by atoms with Crippen LogP contribution in [-0.4, -0.2) is 15.8 Å². The van der Waals surface area contributed by atoms with Crippen LogP contribution in [0.2, 0.25) is 0 Å². The van der Waals surface area contributed by atoms with E-state index in [-0.39, 0.29) is 12.2 Å². The Kier molecular flexibility index (Phi) is 5.31. The second-order valence-electron chi connectivity index (χ2n) is 6.20. The van der Waals surface area contributed by atoms with Crippen LogP contribution >= 0.6 is 0 Å². The Morgan fingerprint density at radius 2 is 1.60 bits per heavy atom. The van der Waals surface area contributed by atoms with E-state index in [1.54, 1.807) is 18.5 Å². The highest BCUT2D eigenvalue weighted by molar-refractivity contribution is 5.94. The van der Waals surface area contributed by atoms with Gasteiger partial charge >= 0.3 is 0 Å². The first-order chi connectivity index (χ1) is 12.2. The Labute approximate surface area is 148 Å². The van der Waals surface area contributed by atoms with Gasteiger partial charge in [-0.05, 0) is 36.8 Å². The SMILES string of the molecule is CC(CC(=O)c1ccccn1)(NCc1ccccc1)c1ccccn1. The molecule has 1 atom stereocenters. The smallest absolute Gasteiger partial charge is 0.183 e. The maximum Gasteiger partial charge on any atom is 0.183 e. The molecule has 0 fully saturated rings. The van der Waals surface area contributed by atoms with Gasteiger partial charge in [0.2, 0.25) is 0 Å². The summed E-state index contributed by atoms with van der Waals surface area (Å²) in [5.74, 6) is -0.00526. The molecule has 3 aromatic rings. The third-order valence-corrected chi connectivity index (χ3v) is 4.22. The number of hydrogen-bond acceptors (Lipinski definition) is 4. The van der Waals surface area contributed by atoms with Gasteiger partial charge in [-0.1, -0.05) is 42.5 Å². The first-order valence-electron chi connectivity index (χ1n) is 8.32. The number of carbonyl (C=O) groups is 1. The number of Topliss-reactive ketones (excluding diaryl/α,β-unsaturated/α-hetero) is 1. The van der Waals surface area contributed by atoms with Gasteiger partial charge < -0.3 is 5.32 Å². The highest BCUT2D eigenvalue weighted by Gasteiger charge is 2.31. The minimum Gasteiger partial charge on any atom is -0.302 e. The number of aromatic nitrogens is 2. The average molecular weight is 331 g/mol. The van der Waals surface area contributed by atoms with Gasteiger partial charge in [0.05, 0.1) is 11.2 Å². The maximum absolute atomic E-state index is 12.7. The van der Waals surface area contributed by atoms with Crippen molar-refractivity contribution in [1.82, 2.24) is 15.3 Å². The Hall–Kier alpha value is -2.85. The Morgan fingerprint density at radius 3 is 2.24 bits per heavy atom. The fraction of sp³-hybridized carbons (Fsp3) is 0.190. The molecule has 0 saturated carbocycles. The van der Waals surface area contributed by atoms with Crippen molar-refractivity contribution in [2.75, 3.05) is 0 Å². The normalized spacial score (nSPS) is 13.2. The molecule has 0 aliphatic heterocycles. The van der Waals surface area contributed by atoms with Crippen LogP contribution in [0.4, 0.5) is 0 Å². The van der Waals surface area contributed by atoms with E-state index in [4.69, 9.17) is 0 Å². The first kappa shape index (κ1) is 17.0. The highest BCUT2D eigenvalue weighted by Crippen LogP contribution is 2.25. The van der Waals surface area contributed by atoms with Crippen LogP contribution in [0.3, 0.4) is 0 Å². The second kappa shape index (κ2) is 7.81. The van der Waals surface area contributed by atoms with Gasteiger partial charge in [-0.2, -0.15) is 0 Å². The van der Waals surface area contributed by atoms with Gasteiger partial charge in [0.1, 0.15) is 5.69 Å². The fourth-order valence-corrected chi connectivity index (χ4v) is 2.77. The number of nitrogens with one attached hydrogen (secondary N) is 1. The Morgan fingerprint density at radius 1 is 0.920 bits per heavy atom. The van der Waals surface area contributed by atoms with Crippen molar-refractivity contribution in [3.63, 3.8) is 0 Å². The highest BCUT2D eigenvalue weighted by atomic mass is 16.1. The number of carbonyl (C=O) groups excluding carboxylic acids is 1. The second-order valence-corrected chi connectivity index (χ2v) is 6.20. The van der Waals surface area contributed by atoms with Gasteiger partial charge in [0, 0.05) is 25.4 Å². The molecule has 3 rings (SSSR count). The van der Waals surface area contributed by atoms with Crippen molar-refractivity contribution < 1.29 is 4.79 Å². The summed E-state index contributed by atoms with van der Waals surface area (Å²) < 4.78 is 0. The van der Waals surface area contributed by atoms with Crippen LogP contribution in [0.25, 0.3) is 0 Å². The molecule has 0 saturated heterocycles. The van der Waals surface area contributed by atoms with Crippen molar-refractivity contribution in [2.45, 2.75) is 25.4 Å². The first-order valence-corrected chi connectivity index (χ1v) is 8.32. The molecular formula is C21H21N3O. The van der Waals surface area contributed by atoms with Crippen molar-refractivity contribution in [2.24, 2.45) is 0 Å². The van der Waals surface area contributed by atoms with E-state index in [1.165, 1.54) is 0 Å². The monoisotopic (exact) mass is 331 g/mol. The Bertz CT molecular complexity index is 806. The van der Waals surface area contributed by atoms with Gasteiger partial charge in [-0.25, -0.2) is 0 Å². The number of pyridine rings is 2. The lowest BCUT2D eigenvalue weighted by Gasteiger charge is -2.30. The third kappa shape index (κ3) is 4.37. The number of ketones is 1. The lowest BCUT2D eigenvalue weighted by Crippen LogP contribution is -2.41. The van der Waals surface area contributed by atoms with E-state index in [9.17, 15) is 4.79 Å². The van der Waals surface area contributed by atoms with Crippen LogP contribution in [0.5, 0.6) is 0 Å². The summed E-state index contributed by atoms with van der Waals surface area (Å²) >= 11 is 0. The van der Waals surface area contributed by atoms with Gasteiger partial charge in [-0.15, -0.1) is 0 Å². The molecule has 2 aromatic heterocycles. The summed E-state index contributed by atoms with van der Waals surface area (Å²) in [4.78, 5) is 21.4. The van der Waals surface area contributed by atoms with E-state index >= 15 is 0 Å². The number of nitrogens with zero attached hydrogens (tertiary/aromatic N) is 2. The van der Waals surface area contributed by atoms with Crippen LogP contribution in [0, 0.1) is 0 Å². The molecule has 1 unspecified atom stereocenters. The molecule has 1 N–H and O–H groups in total. The van der Waals surface area contributed by atoms with E-state index in [0.717, 1.165) is 11.3 Å². The molecular weight excluding hydrogens is 310 g/mol. The quantitative estimate of drug-likeness (QED) is 0.670. The average Bonchev–Trinajstić information content (AvgIpc) is 2.68. The molecule has 0 aliphatic carbocycles. The molecule has 126 valence electrons. The minimum absolute atomic E-state index is 0.00526. The third-order valence-electron chi connectivity index (χ3n) is 4.22. The van der Waals surface area contributed by atoms with Crippen LogP contribution in [0.1, 0.15) is 35.1 Å². The van der Waals surface area contributed by atoms with E-state index in [0.29, 0.717) is 12.2 Å². The topological polar surface area (TPSA) is 54.9 Å². The van der Waals surface area contributed by atoms with E-state index in [1.807, 2.05) is 55.5 Å². The molecule has 1 aromatic carbocycles. The van der Waals surface area contributed by atoms with E-state index < -0.39 is 5.54 Å². The maximum atomic E-state index is 12.7. The Balaban J connectivity index is 1.83. The van der Waals surface area contributed by atoms with Crippen LogP contribution < -0.4 is 5.32 Å². The zero-order chi connectivity index (χ0) is 17.5. The van der Waals surface area contributed by atoms with Crippen molar-refractivity contribution in [3.8, 4) is 0 Å². The van der Waals surface area contributed by atoms with Gasteiger partial charge in [0.15, 0.2) is 5.78 Å². The molecule has 4 nitrogen and oxygen atoms in total. The molecule has 0 radical (unpaired) electrons. The lowest BCUT2D eigenvalue weighted by molar-refractivity contribution is 0.0933. The fourth-order valence-electron chi connectivity index (χ4n) is 2.77. The van der Waals surface area contributed by atoms with Crippen LogP contribution in [-0.2, 0) is 12.1 Å². The zero-order valence-electron chi connectivity index (χ0n) is 14.2. The number of benzene rings is 1. The summed E-state index contributed by atoms with van der Waals surface area (Å²) in [5, 5.41) is 3.52. The zero-order valence-corrected chi connectivity index (χ0v) is 14.2. The minimum atomic E-state index is -0.578. The largest absolute Gasteiger partial charge is 0.302 e. The summed E-state index contributed by atoms with van der Waals surface area (Å²) in [6.45, 7) is 2.67. The molecule has 0 aliphatic rings. The number of hydrogen-bond donors (Lipinski definition) is 1. The molecule has 2 heterocycles. The molecule has 4 heteroatoms. The summed E-state index contributed by atoms with van der Waals surface area (Å²) in [5.41, 5.74) is 1.91. The standard InChI is InChI=1S/C21H21N3O/c1-21(20-12-6-8-14-23-20,24-16-17-9-3-2-4-10-17)15-19(25)18-11-5-7-13-22-18/h2-14,24H,15-16H2,1H3. The van der Waals surface area contributed by atoms with Crippen molar-refractivity contribution in [1.29, 1.82) is 0 Å². The van der Waals surface area contributed by atoms with Gasteiger partial charge in [0.25, 0.3) is 0 Å². The number of rotatable bonds is 7. The predicted molar refractivity (Wildman–Crippen MR) is 98.1 cm³/mol. The molecule has 0 bridgehead atoms. The molecule has 25 heavy (non-hydrogen) atoms. The van der Waals surface area contributed by atoms with E-state index in [2.05, 4.69) is 27.4 Å². The summed E-state index contributed by atoms with van der Waals surface area (Å²) in [6, 6.07) is 21.3. The summed E-state index contributed by atoms with van der Waals surface area (Å²) in [7, 11) is 0. The molecule has 0 amide bonds. The van der Waals surface area contributed by atoms with Crippen LogP contribution in [0.15, 0.2) is 79.1 Å². The molecule has 0 spiro atoms. The summed E-state index contributed by atoms with van der Waals surface area (Å²) in [6.07, 6.45) is 3.68. The van der Waals surface area contributed by atoms with Crippen molar-refractivity contribution >= 4 is 5.78 Å². The van der Waals surface area contributed by atoms with Gasteiger partial charge in [-0.3, -0.25) is 14.8 Å². The predicted octanol–water partition coefficient (Wildman–Crippen LogP) is 3.75. The van der Waals surface area contributed by atoms with Crippen molar-refractivity contribution in [3.05, 3.63) is 96.1 Å².